The monoisotopic (exact) mass is 353 g/mol. The number of aromatic nitrogens is 1. The van der Waals surface area contributed by atoms with Crippen molar-refractivity contribution >= 4 is 50.7 Å². The van der Waals surface area contributed by atoms with Gasteiger partial charge in [0.25, 0.3) is 0 Å². The molecule has 3 aromatic rings. The van der Waals surface area contributed by atoms with Gasteiger partial charge in [-0.05, 0) is 35.7 Å². The number of hydrogen-bond acceptors (Lipinski definition) is 2. The molecule has 2 aromatic heterocycles. The summed E-state index contributed by atoms with van der Waals surface area (Å²) in [6.07, 6.45) is 0. The molecule has 0 saturated heterocycles. The minimum atomic E-state index is -0.999. The lowest BCUT2D eigenvalue weighted by Crippen LogP contribution is -1.99. The Labute approximate surface area is 141 Å². The second-order valence-electron chi connectivity index (χ2n) is 5.38. The molecule has 22 heavy (non-hydrogen) atoms. The lowest BCUT2D eigenvalue weighted by Gasteiger charge is -2.04. The van der Waals surface area contributed by atoms with Gasteiger partial charge >= 0.3 is 5.97 Å². The summed E-state index contributed by atoms with van der Waals surface area (Å²) in [5.74, 6) is -0.615. The number of fused-ring (bicyclic) bond motifs is 1. The van der Waals surface area contributed by atoms with Gasteiger partial charge in [-0.1, -0.05) is 37.0 Å². The maximum Gasteiger partial charge on any atom is 0.353 e. The number of benzene rings is 1. The van der Waals surface area contributed by atoms with Crippen LogP contribution in [0.4, 0.5) is 0 Å². The highest BCUT2D eigenvalue weighted by molar-refractivity contribution is 7.18. The Balaban J connectivity index is 2.33. The van der Waals surface area contributed by atoms with Crippen LogP contribution in [0.25, 0.3) is 21.3 Å². The van der Waals surface area contributed by atoms with Gasteiger partial charge in [0.05, 0.1) is 0 Å². The van der Waals surface area contributed by atoms with Crippen LogP contribution in [0, 0.1) is 0 Å². The predicted molar refractivity (Wildman–Crippen MR) is 92.7 cm³/mol. The molecule has 0 radical (unpaired) electrons. The van der Waals surface area contributed by atoms with Gasteiger partial charge in [0.15, 0.2) is 0 Å². The number of nitrogens with one attached hydrogen (secondary N) is 1. The number of H-pyrrole nitrogens is 1. The van der Waals surface area contributed by atoms with Crippen molar-refractivity contribution in [3.05, 3.63) is 44.9 Å². The van der Waals surface area contributed by atoms with E-state index in [4.69, 9.17) is 23.2 Å². The van der Waals surface area contributed by atoms with Crippen molar-refractivity contribution in [2.24, 2.45) is 0 Å². The molecular formula is C16H13Cl2NO2S. The molecule has 0 fully saturated rings. The highest BCUT2D eigenvalue weighted by atomic mass is 35.5. The minimum absolute atomic E-state index is 0.162. The van der Waals surface area contributed by atoms with Crippen LogP contribution in [-0.2, 0) is 0 Å². The molecule has 1 aromatic carbocycles. The van der Waals surface area contributed by atoms with Gasteiger partial charge in [-0.3, -0.25) is 0 Å². The van der Waals surface area contributed by atoms with Crippen molar-refractivity contribution in [1.82, 2.24) is 4.98 Å². The van der Waals surface area contributed by atoms with Crippen molar-refractivity contribution < 1.29 is 9.90 Å². The Morgan fingerprint density at radius 1 is 1.18 bits per heavy atom. The van der Waals surface area contributed by atoms with Gasteiger partial charge in [0.2, 0.25) is 0 Å². The van der Waals surface area contributed by atoms with E-state index in [0.29, 0.717) is 27.1 Å². The number of carboxylic acids is 1. The highest BCUT2D eigenvalue weighted by Gasteiger charge is 2.21. The Kier molecular flexibility index (Phi) is 3.93. The number of rotatable bonds is 3. The normalized spacial score (nSPS) is 11.5. The fraction of sp³-hybridized carbons (Fsp3) is 0.188. The van der Waals surface area contributed by atoms with E-state index >= 15 is 0 Å². The van der Waals surface area contributed by atoms with Crippen molar-refractivity contribution in [3.63, 3.8) is 0 Å². The van der Waals surface area contributed by atoms with Crippen LogP contribution in [-0.4, -0.2) is 16.1 Å². The Hall–Kier alpha value is -1.49. The molecular weight excluding hydrogens is 341 g/mol. The quantitative estimate of drug-likeness (QED) is 0.604. The molecule has 0 amide bonds. The van der Waals surface area contributed by atoms with Crippen LogP contribution in [0.3, 0.4) is 0 Å². The molecule has 6 heteroatoms. The van der Waals surface area contributed by atoms with E-state index in [9.17, 15) is 9.90 Å². The zero-order chi connectivity index (χ0) is 16.0. The second-order valence-corrected chi connectivity index (χ2v) is 7.34. The molecule has 2 N–H and O–H groups in total. The number of thiophene rings is 1. The van der Waals surface area contributed by atoms with E-state index < -0.39 is 5.97 Å². The molecule has 0 atom stereocenters. The van der Waals surface area contributed by atoms with Gasteiger partial charge < -0.3 is 10.1 Å². The first-order chi connectivity index (χ1) is 10.4. The predicted octanol–water partition coefficient (Wildman–Crippen LogP) is 6.02. The van der Waals surface area contributed by atoms with E-state index in [0.717, 1.165) is 10.2 Å². The molecule has 2 heterocycles. The van der Waals surface area contributed by atoms with E-state index in [1.54, 1.807) is 29.5 Å². The number of aromatic amines is 1. The first-order valence-corrected chi connectivity index (χ1v) is 8.29. The number of hydrogen-bond donors (Lipinski definition) is 2. The van der Waals surface area contributed by atoms with Crippen LogP contribution in [0.2, 0.25) is 10.0 Å². The third kappa shape index (κ3) is 2.62. The van der Waals surface area contributed by atoms with Crippen LogP contribution in [0.5, 0.6) is 0 Å². The standard InChI is InChI=1S/C16H13Cl2NO2S/c1-7(2)12-6-11-13(8-3-9(17)5-10(18)4-8)14(16(20)21)19-15(11)22-12/h3-7,19H,1-2H3,(H,20,21). The molecule has 0 spiro atoms. The summed E-state index contributed by atoms with van der Waals surface area (Å²) in [4.78, 5) is 16.6. The number of halogens is 2. The van der Waals surface area contributed by atoms with Crippen LogP contribution in [0.15, 0.2) is 24.3 Å². The Morgan fingerprint density at radius 2 is 1.82 bits per heavy atom. The van der Waals surface area contributed by atoms with Crippen LogP contribution >= 0.6 is 34.5 Å². The maximum absolute atomic E-state index is 11.6. The lowest BCUT2D eigenvalue weighted by atomic mass is 10.0. The lowest BCUT2D eigenvalue weighted by molar-refractivity contribution is 0.0692. The molecule has 0 bridgehead atoms. The molecule has 0 aliphatic rings. The number of carboxylic acid groups (broad SMARTS) is 1. The van der Waals surface area contributed by atoms with Crippen LogP contribution < -0.4 is 0 Å². The van der Waals surface area contributed by atoms with E-state index in [-0.39, 0.29) is 5.69 Å². The van der Waals surface area contributed by atoms with Gasteiger partial charge in [0.1, 0.15) is 10.5 Å². The number of carbonyl (C=O) groups is 1. The average molecular weight is 354 g/mol. The summed E-state index contributed by atoms with van der Waals surface area (Å²) in [7, 11) is 0. The second kappa shape index (κ2) is 5.61. The van der Waals surface area contributed by atoms with Crippen molar-refractivity contribution in [2.45, 2.75) is 19.8 Å². The van der Waals surface area contributed by atoms with E-state index in [2.05, 4.69) is 18.8 Å². The molecule has 0 saturated carbocycles. The fourth-order valence-electron chi connectivity index (χ4n) is 2.44. The first kappa shape index (κ1) is 15.4. The van der Waals surface area contributed by atoms with Gasteiger partial charge in [-0.15, -0.1) is 11.3 Å². The summed E-state index contributed by atoms with van der Waals surface area (Å²) in [5, 5.41) is 11.3. The summed E-state index contributed by atoms with van der Waals surface area (Å²) in [5.41, 5.74) is 1.50. The number of aromatic carboxylic acids is 1. The fourth-order valence-corrected chi connectivity index (χ4v) is 4.04. The van der Waals surface area contributed by atoms with Crippen LogP contribution in [0.1, 0.15) is 35.1 Å². The molecule has 3 nitrogen and oxygen atoms in total. The van der Waals surface area contributed by atoms with Crippen molar-refractivity contribution in [3.8, 4) is 11.1 Å². The molecule has 0 unspecified atom stereocenters. The van der Waals surface area contributed by atoms with Gasteiger partial charge in [0, 0.05) is 25.9 Å². The van der Waals surface area contributed by atoms with Crippen molar-refractivity contribution in [1.29, 1.82) is 0 Å². The summed E-state index contributed by atoms with van der Waals surface area (Å²) in [6, 6.07) is 7.13. The molecule has 114 valence electrons. The smallest absolute Gasteiger partial charge is 0.353 e. The summed E-state index contributed by atoms with van der Waals surface area (Å²) < 4.78 is 0. The Morgan fingerprint density at radius 3 is 2.36 bits per heavy atom. The topological polar surface area (TPSA) is 53.1 Å². The molecule has 3 rings (SSSR count). The first-order valence-electron chi connectivity index (χ1n) is 6.72. The largest absolute Gasteiger partial charge is 0.477 e. The highest BCUT2D eigenvalue weighted by Crippen LogP contribution is 2.40. The minimum Gasteiger partial charge on any atom is -0.477 e. The van der Waals surface area contributed by atoms with E-state index in [1.807, 2.05) is 6.07 Å². The van der Waals surface area contributed by atoms with E-state index in [1.165, 1.54) is 4.88 Å². The maximum atomic E-state index is 11.6. The molecule has 0 aliphatic heterocycles. The van der Waals surface area contributed by atoms with Gasteiger partial charge in [-0.2, -0.15) is 0 Å². The van der Waals surface area contributed by atoms with Crippen molar-refractivity contribution in [2.75, 3.05) is 0 Å². The molecule has 0 aliphatic carbocycles. The third-order valence-electron chi connectivity index (χ3n) is 3.44. The van der Waals surface area contributed by atoms with Gasteiger partial charge in [-0.25, -0.2) is 4.79 Å². The SMILES string of the molecule is CC(C)c1cc2c(-c3cc(Cl)cc(Cl)c3)c(C(=O)O)[nH]c2s1. The third-order valence-corrected chi connectivity index (χ3v) is 5.23. The summed E-state index contributed by atoms with van der Waals surface area (Å²) in [6.45, 7) is 4.22. The summed E-state index contributed by atoms with van der Waals surface area (Å²) >= 11 is 13.7. The average Bonchev–Trinajstić information content (AvgIpc) is 2.93. The zero-order valence-electron chi connectivity index (χ0n) is 11.9. The zero-order valence-corrected chi connectivity index (χ0v) is 14.2. The Bertz CT molecular complexity index is 860.